The van der Waals surface area contributed by atoms with Crippen LogP contribution in [0.1, 0.15) is 21.5 Å². The van der Waals surface area contributed by atoms with Gasteiger partial charge in [0.05, 0.1) is 0 Å². The zero-order chi connectivity index (χ0) is 20.9. The summed E-state index contributed by atoms with van der Waals surface area (Å²) in [6.45, 7) is 0.436. The number of fused-ring (bicyclic) bond motifs is 1. The topological polar surface area (TPSA) is 73.9 Å². The van der Waals surface area contributed by atoms with Crippen molar-refractivity contribution in [3.63, 3.8) is 0 Å². The molecule has 0 spiro atoms. The molecule has 4 rings (SSSR count). The van der Waals surface area contributed by atoms with Crippen molar-refractivity contribution in [1.29, 1.82) is 0 Å². The average molecular weight is 424 g/mol. The summed E-state index contributed by atoms with van der Waals surface area (Å²) in [6, 6.07) is 18.9. The second kappa shape index (κ2) is 8.88. The molecule has 0 bridgehead atoms. The number of carbonyl (C=O) groups is 2. The van der Waals surface area contributed by atoms with Gasteiger partial charge >= 0.3 is 0 Å². The number of carbonyl (C=O) groups excluding carboxylic acids is 2. The molecule has 3 aromatic carbocycles. The Bertz CT molecular complexity index is 1060. The van der Waals surface area contributed by atoms with Crippen LogP contribution in [0.4, 0.5) is 0 Å². The molecule has 152 valence electrons. The minimum absolute atomic E-state index is 0.111. The summed E-state index contributed by atoms with van der Waals surface area (Å²) in [5, 5.41) is 3.37. The molecule has 0 unspecified atom stereocenters. The number of hydrogen-bond acceptors (Lipinski definition) is 5. The van der Waals surface area contributed by atoms with Gasteiger partial charge < -0.3 is 19.5 Å². The molecule has 0 aliphatic carbocycles. The zero-order valence-electron chi connectivity index (χ0n) is 15.9. The second-order valence-corrected chi connectivity index (χ2v) is 7.05. The maximum absolute atomic E-state index is 12.5. The molecule has 0 fully saturated rings. The van der Waals surface area contributed by atoms with Gasteiger partial charge in [-0.3, -0.25) is 9.59 Å². The Morgan fingerprint density at radius 1 is 0.900 bits per heavy atom. The first kappa shape index (κ1) is 19.8. The van der Waals surface area contributed by atoms with Gasteiger partial charge in [0.15, 0.2) is 23.9 Å². The van der Waals surface area contributed by atoms with Crippen molar-refractivity contribution in [2.75, 3.05) is 13.4 Å². The molecule has 1 N–H and O–H groups in total. The summed E-state index contributed by atoms with van der Waals surface area (Å²) in [5.74, 6) is 1.51. The van der Waals surface area contributed by atoms with E-state index in [1.165, 1.54) is 0 Å². The molecule has 7 heteroatoms. The van der Waals surface area contributed by atoms with Gasteiger partial charge in [0.1, 0.15) is 5.75 Å². The van der Waals surface area contributed by atoms with Crippen LogP contribution in [-0.4, -0.2) is 25.1 Å². The van der Waals surface area contributed by atoms with Crippen LogP contribution < -0.4 is 19.5 Å². The molecule has 30 heavy (non-hydrogen) atoms. The van der Waals surface area contributed by atoms with Gasteiger partial charge in [-0.05, 0) is 66.2 Å². The number of rotatable bonds is 7. The Morgan fingerprint density at radius 2 is 1.57 bits per heavy atom. The summed E-state index contributed by atoms with van der Waals surface area (Å²) in [5.41, 5.74) is 1.98. The van der Waals surface area contributed by atoms with E-state index in [1.807, 2.05) is 18.2 Å². The number of amides is 1. The SMILES string of the molecule is O=C(COc1ccc(C(=O)c2ccc(Cl)cc2)cc1)NCc1ccc2c(c1)OCO2. The highest BCUT2D eigenvalue weighted by Crippen LogP contribution is 2.32. The predicted octanol–water partition coefficient (Wildman–Crippen LogP) is 3.99. The van der Waals surface area contributed by atoms with Gasteiger partial charge in [-0.25, -0.2) is 0 Å². The molecule has 3 aromatic rings. The third-order valence-electron chi connectivity index (χ3n) is 4.52. The van der Waals surface area contributed by atoms with Gasteiger partial charge in [0.2, 0.25) is 6.79 Å². The van der Waals surface area contributed by atoms with Crippen molar-refractivity contribution < 1.29 is 23.8 Å². The van der Waals surface area contributed by atoms with Crippen molar-refractivity contribution >= 4 is 23.3 Å². The Balaban J connectivity index is 1.27. The van der Waals surface area contributed by atoms with Crippen molar-refractivity contribution in [1.82, 2.24) is 5.32 Å². The molecular weight excluding hydrogens is 406 g/mol. The summed E-state index contributed by atoms with van der Waals surface area (Å²) < 4.78 is 16.1. The third kappa shape index (κ3) is 4.72. The van der Waals surface area contributed by atoms with Crippen molar-refractivity contribution in [3.05, 3.63) is 88.4 Å². The van der Waals surface area contributed by atoms with Crippen LogP contribution in [-0.2, 0) is 11.3 Å². The van der Waals surface area contributed by atoms with E-state index in [0.717, 1.165) is 5.56 Å². The number of hydrogen-bond donors (Lipinski definition) is 1. The number of halogens is 1. The van der Waals surface area contributed by atoms with Crippen molar-refractivity contribution in [2.24, 2.45) is 0 Å². The van der Waals surface area contributed by atoms with Crippen LogP contribution in [0.5, 0.6) is 17.2 Å². The Labute approximate surface area is 178 Å². The first-order valence-electron chi connectivity index (χ1n) is 9.27. The van der Waals surface area contributed by atoms with E-state index in [-0.39, 0.29) is 25.1 Å². The van der Waals surface area contributed by atoms with Crippen LogP contribution in [0.15, 0.2) is 66.7 Å². The standard InChI is InChI=1S/C23H18ClNO5/c24-18-6-2-16(3-7-18)23(27)17-4-8-19(9-5-17)28-13-22(26)25-12-15-1-10-20-21(11-15)30-14-29-20/h1-11H,12-14H2,(H,25,26). The highest BCUT2D eigenvalue weighted by Gasteiger charge is 2.14. The largest absolute Gasteiger partial charge is 0.484 e. The summed E-state index contributed by atoms with van der Waals surface area (Å²) in [6.07, 6.45) is 0. The fraction of sp³-hybridized carbons (Fsp3) is 0.130. The molecule has 1 heterocycles. The molecule has 1 aliphatic rings. The van der Waals surface area contributed by atoms with Gasteiger partial charge in [-0.15, -0.1) is 0 Å². The molecule has 0 radical (unpaired) electrons. The second-order valence-electron chi connectivity index (χ2n) is 6.61. The highest BCUT2D eigenvalue weighted by molar-refractivity contribution is 6.30. The van der Waals surface area contributed by atoms with Gasteiger partial charge in [-0.2, -0.15) is 0 Å². The maximum Gasteiger partial charge on any atom is 0.258 e. The van der Waals surface area contributed by atoms with Gasteiger partial charge in [-0.1, -0.05) is 17.7 Å². The molecule has 0 aromatic heterocycles. The quantitative estimate of drug-likeness (QED) is 0.581. The third-order valence-corrected chi connectivity index (χ3v) is 4.77. The van der Waals surface area contributed by atoms with Crippen LogP contribution in [0.25, 0.3) is 0 Å². The minimum atomic E-state index is -0.256. The van der Waals surface area contributed by atoms with Crippen molar-refractivity contribution in [2.45, 2.75) is 6.54 Å². The zero-order valence-corrected chi connectivity index (χ0v) is 16.6. The first-order chi connectivity index (χ1) is 14.6. The lowest BCUT2D eigenvalue weighted by molar-refractivity contribution is -0.123. The Hall–Kier alpha value is -3.51. The number of ketones is 1. The molecule has 0 saturated carbocycles. The Morgan fingerprint density at radius 3 is 2.30 bits per heavy atom. The molecule has 1 amide bonds. The molecule has 0 saturated heterocycles. The highest BCUT2D eigenvalue weighted by atomic mass is 35.5. The summed E-state index contributed by atoms with van der Waals surface area (Å²) >= 11 is 5.85. The lowest BCUT2D eigenvalue weighted by Crippen LogP contribution is -2.28. The van der Waals surface area contributed by atoms with Gasteiger partial charge in [0.25, 0.3) is 5.91 Å². The fourth-order valence-corrected chi connectivity index (χ4v) is 3.05. The number of nitrogens with one attached hydrogen (secondary N) is 1. The normalized spacial score (nSPS) is 11.8. The molecule has 0 atom stereocenters. The fourth-order valence-electron chi connectivity index (χ4n) is 2.92. The van der Waals surface area contributed by atoms with E-state index in [1.54, 1.807) is 48.5 Å². The first-order valence-corrected chi connectivity index (χ1v) is 9.65. The minimum Gasteiger partial charge on any atom is -0.484 e. The lowest BCUT2D eigenvalue weighted by Gasteiger charge is -2.09. The van der Waals surface area contributed by atoms with Gasteiger partial charge in [0, 0.05) is 22.7 Å². The summed E-state index contributed by atoms with van der Waals surface area (Å²) in [4.78, 5) is 24.5. The molecule has 6 nitrogen and oxygen atoms in total. The van der Waals surface area contributed by atoms with Crippen LogP contribution in [0.2, 0.25) is 5.02 Å². The lowest BCUT2D eigenvalue weighted by atomic mass is 10.0. The van der Waals surface area contributed by atoms with Crippen molar-refractivity contribution in [3.8, 4) is 17.2 Å². The number of benzene rings is 3. The van der Waals surface area contributed by atoms with E-state index in [4.69, 9.17) is 25.8 Å². The smallest absolute Gasteiger partial charge is 0.258 e. The van der Waals surface area contributed by atoms with Crippen LogP contribution in [0, 0.1) is 0 Å². The predicted molar refractivity (Wildman–Crippen MR) is 111 cm³/mol. The van der Waals surface area contributed by atoms with E-state index < -0.39 is 0 Å². The maximum atomic E-state index is 12.5. The number of ether oxygens (including phenoxy) is 3. The van der Waals surface area contributed by atoms with E-state index in [2.05, 4.69) is 5.32 Å². The van der Waals surface area contributed by atoms with Crippen LogP contribution in [0.3, 0.4) is 0 Å². The molecule has 1 aliphatic heterocycles. The van der Waals surface area contributed by atoms with Crippen LogP contribution >= 0.6 is 11.6 Å². The van der Waals surface area contributed by atoms with E-state index in [9.17, 15) is 9.59 Å². The Kier molecular flexibility index (Phi) is 5.86. The molecular formula is C23H18ClNO5. The van der Waals surface area contributed by atoms with E-state index in [0.29, 0.717) is 39.9 Å². The summed E-state index contributed by atoms with van der Waals surface area (Å²) in [7, 11) is 0. The van der Waals surface area contributed by atoms with E-state index >= 15 is 0 Å². The monoisotopic (exact) mass is 423 g/mol. The average Bonchev–Trinajstić information content (AvgIpc) is 3.24.